The lowest BCUT2D eigenvalue weighted by Crippen LogP contribution is -2.30. The molecule has 1 N–H and O–H groups in total. The van der Waals surface area contributed by atoms with Gasteiger partial charge in [-0.1, -0.05) is 18.2 Å². The Bertz CT molecular complexity index is 928. The quantitative estimate of drug-likeness (QED) is 0.466. The molecule has 2 rings (SSSR count). The summed E-state index contributed by atoms with van der Waals surface area (Å²) in [7, 11) is 0. The van der Waals surface area contributed by atoms with Crippen molar-refractivity contribution in [3.8, 4) is 0 Å². The van der Waals surface area contributed by atoms with Gasteiger partial charge in [-0.2, -0.15) is 13.2 Å². The van der Waals surface area contributed by atoms with Crippen LogP contribution in [0.2, 0.25) is 0 Å². The van der Waals surface area contributed by atoms with Crippen LogP contribution in [-0.2, 0) is 15.7 Å². The largest absolute Gasteiger partial charge is 0.449 e. The Kier molecular flexibility index (Phi) is 6.02. The molecule has 2 aromatic carbocycles. The van der Waals surface area contributed by atoms with Gasteiger partial charge in [0.2, 0.25) is 0 Å². The van der Waals surface area contributed by atoms with Gasteiger partial charge in [0.15, 0.2) is 6.10 Å². The van der Waals surface area contributed by atoms with Crippen LogP contribution in [0.25, 0.3) is 0 Å². The summed E-state index contributed by atoms with van der Waals surface area (Å²) in [5.74, 6) is -2.00. The minimum atomic E-state index is -4.68. The molecule has 7 nitrogen and oxygen atoms in total. The van der Waals surface area contributed by atoms with E-state index in [2.05, 4.69) is 5.32 Å². The van der Waals surface area contributed by atoms with Gasteiger partial charge in [-0.05, 0) is 32.0 Å². The number of benzene rings is 2. The summed E-state index contributed by atoms with van der Waals surface area (Å²) in [6.45, 7) is 2.66. The molecule has 0 unspecified atom stereocenters. The fourth-order valence-electron chi connectivity index (χ4n) is 2.29. The number of anilines is 1. The number of rotatable bonds is 5. The first-order valence-corrected chi connectivity index (χ1v) is 7.94. The van der Waals surface area contributed by atoms with Gasteiger partial charge >= 0.3 is 12.1 Å². The molecular weight excluding hydrogens is 381 g/mol. The first kappa shape index (κ1) is 20.9. The van der Waals surface area contributed by atoms with Crippen molar-refractivity contribution in [2.45, 2.75) is 26.1 Å². The zero-order valence-electron chi connectivity index (χ0n) is 14.7. The Hall–Kier alpha value is -3.43. The van der Waals surface area contributed by atoms with Crippen LogP contribution in [0.15, 0.2) is 42.5 Å². The molecule has 0 aliphatic heterocycles. The second kappa shape index (κ2) is 8.07. The fourth-order valence-corrected chi connectivity index (χ4v) is 2.29. The number of alkyl halides is 3. The number of nitro benzene ring substituents is 1. The number of hydrogen-bond donors (Lipinski definition) is 1. The predicted molar refractivity (Wildman–Crippen MR) is 92.8 cm³/mol. The number of ether oxygens (including phenoxy) is 1. The average molecular weight is 396 g/mol. The summed E-state index contributed by atoms with van der Waals surface area (Å²) in [4.78, 5) is 34.5. The molecule has 0 bridgehead atoms. The number of nitrogens with zero attached hydrogens (tertiary/aromatic N) is 1. The number of hydrogen-bond acceptors (Lipinski definition) is 5. The van der Waals surface area contributed by atoms with Crippen molar-refractivity contribution in [3.05, 3.63) is 69.3 Å². The first-order valence-electron chi connectivity index (χ1n) is 7.94. The number of para-hydroxylation sites is 1. The molecule has 0 aliphatic rings. The Morgan fingerprint density at radius 1 is 1.18 bits per heavy atom. The molecule has 1 amide bonds. The van der Waals surface area contributed by atoms with E-state index < -0.39 is 40.3 Å². The van der Waals surface area contributed by atoms with Crippen molar-refractivity contribution >= 4 is 23.3 Å². The highest BCUT2D eigenvalue weighted by molar-refractivity contribution is 5.98. The SMILES string of the molecule is Cc1ccc(C(=O)O[C@@H](C)C(=O)Nc2ccccc2C(F)(F)F)cc1[N+](=O)[O-]. The van der Waals surface area contributed by atoms with Gasteiger partial charge in [-0.3, -0.25) is 14.9 Å². The maximum absolute atomic E-state index is 13.0. The molecule has 0 radical (unpaired) electrons. The lowest BCUT2D eigenvalue weighted by Gasteiger charge is -2.17. The second-order valence-corrected chi connectivity index (χ2v) is 5.84. The molecule has 0 heterocycles. The molecule has 0 aromatic heterocycles. The summed E-state index contributed by atoms with van der Waals surface area (Å²) in [5, 5.41) is 13.0. The van der Waals surface area contributed by atoms with E-state index in [-0.39, 0.29) is 11.3 Å². The van der Waals surface area contributed by atoms with Gasteiger partial charge in [0.05, 0.1) is 21.7 Å². The van der Waals surface area contributed by atoms with Crippen LogP contribution in [0.4, 0.5) is 24.5 Å². The van der Waals surface area contributed by atoms with Gasteiger partial charge in [-0.15, -0.1) is 0 Å². The number of halogens is 3. The number of carbonyl (C=O) groups is 2. The van der Waals surface area contributed by atoms with Crippen LogP contribution in [-0.4, -0.2) is 22.9 Å². The maximum Gasteiger partial charge on any atom is 0.418 e. The summed E-state index contributed by atoms with van der Waals surface area (Å²) in [6, 6.07) is 7.99. The number of aryl methyl sites for hydroxylation is 1. The highest BCUT2D eigenvalue weighted by atomic mass is 19.4. The van der Waals surface area contributed by atoms with Gasteiger partial charge in [0.1, 0.15) is 0 Å². The lowest BCUT2D eigenvalue weighted by molar-refractivity contribution is -0.385. The van der Waals surface area contributed by atoms with Crippen LogP contribution in [0, 0.1) is 17.0 Å². The van der Waals surface area contributed by atoms with Crippen molar-refractivity contribution in [1.82, 2.24) is 0 Å². The van der Waals surface area contributed by atoms with Crippen LogP contribution in [0.5, 0.6) is 0 Å². The van der Waals surface area contributed by atoms with Gasteiger partial charge in [0.25, 0.3) is 11.6 Å². The van der Waals surface area contributed by atoms with Crippen LogP contribution < -0.4 is 5.32 Å². The third-order valence-electron chi connectivity index (χ3n) is 3.78. The minimum absolute atomic E-state index is 0.160. The molecule has 0 aliphatic carbocycles. The zero-order chi connectivity index (χ0) is 21.1. The minimum Gasteiger partial charge on any atom is -0.449 e. The summed E-state index contributed by atoms with van der Waals surface area (Å²) >= 11 is 0. The van der Waals surface area contributed by atoms with Crippen molar-refractivity contribution in [1.29, 1.82) is 0 Å². The number of esters is 1. The maximum atomic E-state index is 13.0. The van der Waals surface area contributed by atoms with Gasteiger partial charge in [0, 0.05) is 11.6 Å². The Balaban J connectivity index is 2.12. The van der Waals surface area contributed by atoms with E-state index in [1.54, 1.807) is 0 Å². The molecule has 2 aromatic rings. The Labute approximate surface area is 157 Å². The predicted octanol–water partition coefficient (Wildman–Crippen LogP) is 4.11. The number of carbonyl (C=O) groups excluding carboxylic acids is 2. The zero-order valence-corrected chi connectivity index (χ0v) is 14.7. The molecule has 0 fully saturated rings. The smallest absolute Gasteiger partial charge is 0.418 e. The third kappa shape index (κ3) is 4.84. The van der Waals surface area contributed by atoms with Crippen molar-refractivity contribution in [3.63, 3.8) is 0 Å². The molecule has 28 heavy (non-hydrogen) atoms. The van der Waals surface area contributed by atoms with E-state index in [0.29, 0.717) is 5.56 Å². The molecule has 148 valence electrons. The number of amides is 1. The Morgan fingerprint density at radius 2 is 1.82 bits per heavy atom. The number of nitrogens with one attached hydrogen (secondary N) is 1. The topological polar surface area (TPSA) is 98.5 Å². The fraction of sp³-hybridized carbons (Fsp3) is 0.222. The van der Waals surface area contributed by atoms with Crippen LogP contribution in [0.3, 0.4) is 0 Å². The monoisotopic (exact) mass is 396 g/mol. The molecule has 0 saturated heterocycles. The standard InChI is InChI=1S/C18H15F3N2O5/c1-10-7-8-12(9-15(10)23(26)27)17(25)28-11(2)16(24)22-14-6-4-3-5-13(14)18(19,20)21/h3-9,11H,1-2H3,(H,22,24)/t11-/m0/s1. The summed E-state index contributed by atoms with van der Waals surface area (Å²) in [6.07, 6.45) is -6.11. The first-order chi connectivity index (χ1) is 13.0. The van der Waals surface area contributed by atoms with E-state index in [1.165, 1.54) is 38.1 Å². The van der Waals surface area contributed by atoms with Gasteiger partial charge in [-0.25, -0.2) is 4.79 Å². The molecule has 0 spiro atoms. The van der Waals surface area contributed by atoms with E-state index >= 15 is 0 Å². The lowest BCUT2D eigenvalue weighted by atomic mass is 10.1. The molecule has 0 saturated carbocycles. The van der Waals surface area contributed by atoms with Crippen molar-refractivity contribution < 1.29 is 32.4 Å². The number of nitro groups is 1. The van der Waals surface area contributed by atoms with E-state index in [1.807, 2.05) is 0 Å². The third-order valence-corrected chi connectivity index (χ3v) is 3.78. The van der Waals surface area contributed by atoms with Gasteiger partial charge < -0.3 is 10.1 Å². The summed E-state index contributed by atoms with van der Waals surface area (Å²) < 4.78 is 43.8. The Morgan fingerprint density at radius 3 is 2.43 bits per heavy atom. The van der Waals surface area contributed by atoms with E-state index in [0.717, 1.165) is 18.2 Å². The highest BCUT2D eigenvalue weighted by Gasteiger charge is 2.34. The second-order valence-electron chi connectivity index (χ2n) is 5.84. The molecule has 1 atom stereocenters. The van der Waals surface area contributed by atoms with Crippen LogP contribution in [0.1, 0.15) is 28.4 Å². The average Bonchev–Trinajstić information content (AvgIpc) is 2.61. The molecular formula is C18H15F3N2O5. The van der Waals surface area contributed by atoms with Crippen molar-refractivity contribution in [2.75, 3.05) is 5.32 Å². The highest BCUT2D eigenvalue weighted by Crippen LogP contribution is 2.34. The van der Waals surface area contributed by atoms with Crippen LogP contribution >= 0.6 is 0 Å². The summed E-state index contributed by atoms with van der Waals surface area (Å²) in [5.41, 5.74) is -1.65. The van der Waals surface area contributed by atoms with Crippen molar-refractivity contribution in [2.24, 2.45) is 0 Å². The normalized spacial score (nSPS) is 12.2. The van der Waals surface area contributed by atoms with E-state index in [4.69, 9.17) is 4.74 Å². The molecule has 10 heteroatoms. The van der Waals surface area contributed by atoms with E-state index in [9.17, 15) is 32.9 Å².